The number of anilines is 1. The Morgan fingerprint density at radius 1 is 1.30 bits per heavy atom. The number of fused-ring (bicyclic) bond motifs is 1. The largest absolute Gasteiger partial charge is 0.508 e. The maximum Gasteiger partial charge on any atom is 0.415 e. The fraction of sp³-hybridized carbons (Fsp3) is 0.348. The highest BCUT2D eigenvalue weighted by Gasteiger charge is 2.48. The number of rotatable bonds is 3. The topological polar surface area (TPSA) is 72.0 Å². The fourth-order valence-electron chi connectivity index (χ4n) is 4.86. The highest BCUT2D eigenvalue weighted by Crippen LogP contribution is 2.42. The van der Waals surface area contributed by atoms with Crippen molar-refractivity contribution < 1.29 is 14.6 Å². The lowest BCUT2D eigenvalue weighted by Gasteiger charge is -2.36. The van der Waals surface area contributed by atoms with Crippen molar-refractivity contribution in [1.29, 1.82) is 0 Å². The van der Waals surface area contributed by atoms with Crippen molar-refractivity contribution in [1.82, 2.24) is 9.55 Å². The highest BCUT2D eigenvalue weighted by atomic mass is 16.6. The minimum atomic E-state index is -0.497. The van der Waals surface area contributed by atoms with Crippen LogP contribution < -0.4 is 4.90 Å². The molecule has 2 aromatic carbocycles. The monoisotopic (exact) mass is 402 g/mol. The van der Waals surface area contributed by atoms with Crippen LogP contribution in [-0.4, -0.2) is 32.9 Å². The Morgan fingerprint density at radius 3 is 3.03 bits per heavy atom. The molecule has 1 aliphatic heterocycles. The molecule has 152 valence electrons. The molecule has 0 radical (unpaired) electrons. The van der Waals surface area contributed by atoms with Gasteiger partial charge in [-0.15, -0.1) is 0 Å². The summed E-state index contributed by atoms with van der Waals surface area (Å²) in [5, 5.41) is 9.77. The molecule has 7 heteroatoms. The molecule has 5 rings (SSSR count). The molecule has 1 aliphatic carbocycles. The van der Waals surface area contributed by atoms with Gasteiger partial charge in [0.1, 0.15) is 11.4 Å². The molecule has 2 fully saturated rings. The van der Waals surface area contributed by atoms with E-state index in [0.29, 0.717) is 23.8 Å². The Morgan fingerprint density at radius 2 is 2.20 bits per heavy atom. The predicted molar refractivity (Wildman–Crippen MR) is 113 cm³/mol. The first-order valence-corrected chi connectivity index (χ1v) is 10.2. The van der Waals surface area contributed by atoms with Crippen molar-refractivity contribution in [3.05, 3.63) is 60.2 Å². The number of carbonyl (C=O) groups excluding carboxylic acids is 1. The maximum absolute atomic E-state index is 12.6. The molecule has 1 amide bonds. The van der Waals surface area contributed by atoms with E-state index in [-0.39, 0.29) is 11.8 Å². The van der Waals surface area contributed by atoms with Crippen molar-refractivity contribution in [2.45, 2.75) is 37.8 Å². The molecule has 1 unspecified atom stereocenters. The highest BCUT2D eigenvalue weighted by molar-refractivity contribution is 5.90. The van der Waals surface area contributed by atoms with E-state index < -0.39 is 5.60 Å². The molecule has 7 nitrogen and oxygen atoms in total. The molecule has 2 aliphatic rings. The van der Waals surface area contributed by atoms with Crippen LogP contribution in [0.5, 0.6) is 5.75 Å². The molecule has 2 atom stereocenters. The van der Waals surface area contributed by atoms with Gasteiger partial charge in [-0.1, -0.05) is 12.1 Å². The van der Waals surface area contributed by atoms with E-state index in [1.54, 1.807) is 29.2 Å². The van der Waals surface area contributed by atoms with Crippen molar-refractivity contribution in [2.24, 2.45) is 5.92 Å². The summed E-state index contributed by atoms with van der Waals surface area (Å²) in [6.45, 7) is 8.53. The van der Waals surface area contributed by atoms with Gasteiger partial charge in [-0.3, -0.25) is 4.90 Å². The summed E-state index contributed by atoms with van der Waals surface area (Å²) in [4.78, 5) is 22.2. The lowest BCUT2D eigenvalue weighted by molar-refractivity contribution is 0.00439. The third kappa shape index (κ3) is 3.24. The minimum Gasteiger partial charge on any atom is -0.508 e. The number of phenols is 1. The number of amides is 1. The Kier molecular flexibility index (Phi) is 4.35. The molecule has 3 aromatic rings. The number of imidazole rings is 1. The maximum atomic E-state index is 12.6. The predicted octanol–water partition coefficient (Wildman–Crippen LogP) is 4.88. The third-order valence-corrected chi connectivity index (χ3v) is 6.21. The fourth-order valence-corrected chi connectivity index (χ4v) is 4.86. The lowest BCUT2D eigenvalue weighted by Crippen LogP contribution is -2.40. The van der Waals surface area contributed by atoms with Gasteiger partial charge in [0.05, 0.1) is 36.2 Å². The number of ether oxygens (including phenoxy) is 1. The Labute approximate surface area is 174 Å². The molecule has 2 heterocycles. The molecule has 1 aromatic heterocycles. The van der Waals surface area contributed by atoms with Crippen LogP contribution in [-0.2, 0) is 11.3 Å². The smallest absolute Gasteiger partial charge is 0.415 e. The second-order valence-electron chi connectivity index (χ2n) is 8.30. The summed E-state index contributed by atoms with van der Waals surface area (Å²) in [5.41, 5.74) is 2.62. The van der Waals surface area contributed by atoms with Gasteiger partial charge in [0, 0.05) is 12.6 Å². The summed E-state index contributed by atoms with van der Waals surface area (Å²) in [7, 11) is 0. The normalized spacial score (nSPS) is 23.6. The zero-order valence-electron chi connectivity index (χ0n) is 16.5. The average molecular weight is 402 g/mol. The van der Waals surface area contributed by atoms with Crippen molar-refractivity contribution in [2.75, 3.05) is 11.4 Å². The first kappa shape index (κ1) is 18.5. The molecule has 30 heavy (non-hydrogen) atoms. The third-order valence-electron chi connectivity index (χ3n) is 6.21. The van der Waals surface area contributed by atoms with E-state index in [1.165, 1.54) is 0 Å². The minimum absolute atomic E-state index is 0.133. The Hall–Kier alpha value is -3.53. The standard InChI is InChI=1S/C23H22N4O3/c1-24-17-7-8-20-21(10-17)26(15-25-20)13-16-4-3-9-23(12-16)14-27(22(29)30-23)18-5-2-6-19(28)11-18/h2,5-8,10-11,15-16,28H,3-4,9,12-14H2/t16-,23?/m0/s1. The van der Waals surface area contributed by atoms with E-state index in [9.17, 15) is 9.90 Å². The second kappa shape index (κ2) is 7.06. The van der Waals surface area contributed by atoms with E-state index in [0.717, 1.165) is 43.3 Å². The van der Waals surface area contributed by atoms with Crippen LogP contribution in [0.15, 0.2) is 48.8 Å². The number of phenolic OH excluding ortho intramolecular Hbond substituents is 1. The van der Waals surface area contributed by atoms with Crippen molar-refractivity contribution >= 4 is 28.5 Å². The molecule has 1 saturated carbocycles. The summed E-state index contributed by atoms with van der Waals surface area (Å²) >= 11 is 0. The quantitative estimate of drug-likeness (QED) is 0.634. The number of hydrogen-bond acceptors (Lipinski definition) is 4. The van der Waals surface area contributed by atoms with Crippen molar-refractivity contribution in [3.63, 3.8) is 0 Å². The number of aromatic hydroxyl groups is 1. The molecule has 1 N–H and O–H groups in total. The van der Waals surface area contributed by atoms with Gasteiger partial charge in [0.15, 0.2) is 5.69 Å². The van der Waals surface area contributed by atoms with E-state index in [4.69, 9.17) is 11.3 Å². The molecular formula is C23H22N4O3. The number of hydrogen-bond donors (Lipinski definition) is 1. The SMILES string of the molecule is [C-]#[N+]c1ccc2ncn(C[C@H]3CCCC4(C3)CN(c3cccc(O)c3)C(=O)O4)c2c1. The molecular weight excluding hydrogens is 380 g/mol. The van der Waals surface area contributed by atoms with Gasteiger partial charge in [-0.2, -0.15) is 0 Å². The van der Waals surface area contributed by atoms with Crippen LogP contribution in [0.3, 0.4) is 0 Å². The van der Waals surface area contributed by atoms with Gasteiger partial charge >= 0.3 is 6.09 Å². The van der Waals surface area contributed by atoms with Crippen LogP contribution in [0, 0.1) is 12.5 Å². The molecule has 1 saturated heterocycles. The van der Waals surface area contributed by atoms with Gasteiger partial charge in [-0.25, -0.2) is 14.6 Å². The second-order valence-corrected chi connectivity index (χ2v) is 8.30. The summed E-state index contributed by atoms with van der Waals surface area (Å²) in [6.07, 6.45) is 5.17. The van der Waals surface area contributed by atoms with E-state index in [2.05, 4.69) is 14.4 Å². The summed E-state index contributed by atoms with van der Waals surface area (Å²) < 4.78 is 8.02. The lowest BCUT2D eigenvalue weighted by atomic mass is 9.78. The van der Waals surface area contributed by atoms with Crippen LogP contribution in [0.2, 0.25) is 0 Å². The van der Waals surface area contributed by atoms with Crippen LogP contribution in [0.25, 0.3) is 15.9 Å². The molecule has 1 spiro atoms. The first-order valence-electron chi connectivity index (χ1n) is 10.2. The molecule has 0 bridgehead atoms. The first-order chi connectivity index (χ1) is 14.5. The van der Waals surface area contributed by atoms with Crippen LogP contribution in [0.1, 0.15) is 25.7 Å². The Balaban J connectivity index is 1.35. The van der Waals surface area contributed by atoms with E-state index >= 15 is 0 Å². The van der Waals surface area contributed by atoms with Gasteiger partial charge in [-0.05, 0) is 55.9 Å². The van der Waals surface area contributed by atoms with Gasteiger partial charge < -0.3 is 14.4 Å². The van der Waals surface area contributed by atoms with Gasteiger partial charge in [0.2, 0.25) is 0 Å². The van der Waals surface area contributed by atoms with Crippen LogP contribution >= 0.6 is 0 Å². The Bertz CT molecular complexity index is 1160. The summed E-state index contributed by atoms with van der Waals surface area (Å²) in [5.74, 6) is 0.484. The number of aromatic nitrogens is 2. The zero-order valence-corrected chi connectivity index (χ0v) is 16.5. The van der Waals surface area contributed by atoms with Crippen molar-refractivity contribution in [3.8, 4) is 5.75 Å². The van der Waals surface area contributed by atoms with Crippen LogP contribution in [0.4, 0.5) is 16.2 Å². The van der Waals surface area contributed by atoms with E-state index in [1.807, 2.05) is 24.5 Å². The summed E-state index contributed by atoms with van der Waals surface area (Å²) in [6, 6.07) is 12.3. The van der Waals surface area contributed by atoms with Gasteiger partial charge in [0.25, 0.3) is 0 Å². The number of nitrogens with zero attached hydrogens (tertiary/aromatic N) is 4. The number of benzene rings is 2. The average Bonchev–Trinajstić information content (AvgIpc) is 3.28. The number of carbonyl (C=O) groups is 1. The zero-order chi connectivity index (χ0) is 20.7.